The van der Waals surface area contributed by atoms with E-state index in [9.17, 15) is 9.90 Å². The average Bonchev–Trinajstić information content (AvgIpc) is 2.72. The Kier molecular flexibility index (Phi) is 3.24. The van der Waals surface area contributed by atoms with Gasteiger partial charge in [0.1, 0.15) is 0 Å². The maximum Gasteiger partial charge on any atom is 0.293 e. The molecule has 0 aliphatic carbocycles. The number of aliphatic hydroxyl groups excluding tert-OH is 1. The van der Waals surface area contributed by atoms with E-state index in [0.29, 0.717) is 5.78 Å². The number of aryl methyl sites for hydroxylation is 1. The zero-order valence-corrected chi connectivity index (χ0v) is 10.5. The minimum absolute atomic E-state index is 0.0833. The second-order valence-electron chi connectivity index (χ2n) is 4.27. The van der Waals surface area contributed by atoms with E-state index in [-0.39, 0.29) is 18.3 Å². The zero-order valence-electron chi connectivity index (χ0n) is 10.5. The molecule has 0 fully saturated rings. The van der Waals surface area contributed by atoms with Crippen molar-refractivity contribution in [3.8, 4) is 0 Å². The van der Waals surface area contributed by atoms with Gasteiger partial charge in [-0.05, 0) is 19.9 Å². The third kappa shape index (κ3) is 2.30. The lowest BCUT2D eigenvalue weighted by molar-refractivity contribution is 0.0692. The molecule has 0 spiro atoms. The Hall–Kier alpha value is -2.02. The molecule has 2 rings (SSSR count). The van der Waals surface area contributed by atoms with Crippen LogP contribution in [-0.4, -0.2) is 55.2 Å². The van der Waals surface area contributed by atoms with Gasteiger partial charge in [-0.1, -0.05) is 0 Å². The first-order chi connectivity index (χ1) is 8.49. The van der Waals surface area contributed by atoms with Crippen LogP contribution in [0.3, 0.4) is 0 Å². The van der Waals surface area contributed by atoms with Crippen molar-refractivity contribution in [2.45, 2.75) is 20.0 Å². The van der Waals surface area contributed by atoms with Crippen molar-refractivity contribution in [1.29, 1.82) is 0 Å². The molecule has 0 aliphatic heterocycles. The SMILES string of the molecule is Cc1ccnc2nc(C(=O)N(C)CC(C)O)nn12. The molecule has 1 N–H and O–H groups in total. The highest BCUT2D eigenvalue weighted by Gasteiger charge is 2.19. The number of aromatic nitrogens is 4. The van der Waals surface area contributed by atoms with Crippen LogP contribution in [0, 0.1) is 6.92 Å². The number of hydrogen-bond donors (Lipinski definition) is 1. The third-order valence-corrected chi connectivity index (χ3v) is 2.51. The Morgan fingerprint density at radius 1 is 1.61 bits per heavy atom. The largest absolute Gasteiger partial charge is 0.392 e. The average molecular weight is 249 g/mol. The number of rotatable bonds is 3. The van der Waals surface area contributed by atoms with Crippen molar-refractivity contribution in [1.82, 2.24) is 24.5 Å². The summed E-state index contributed by atoms with van der Waals surface area (Å²) in [5.74, 6) is 0.143. The van der Waals surface area contributed by atoms with E-state index in [1.807, 2.05) is 6.92 Å². The van der Waals surface area contributed by atoms with Gasteiger partial charge < -0.3 is 10.0 Å². The molecule has 0 aromatic carbocycles. The van der Waals surface area contributed by atoms with Crippen LogP contribution in [0.2, 0.25) is 0 Å². The molecule has 2 aromatic rings. The van der Waals surface area contributed by atoms with E-state index in [0.717, 1.165) is 5.69 Å². The molecular weight excluding hydrogens is 234 g/mol. The molecule has 0 bridgehead atoms. The maximum atomic E-state index is 12.0. The van der Waals surface area contributed by atoms with Gasteiger partial charge in [0.25, 0.3) is 11.7 Å². The Morgan fingerprint density at radius 3 is 2.94 bits per heavy atom. The summed E-state index contributed by atoms with van der Waals surface area (Å²) in [7, 11) is 1.60. The zero-order chi connectivity index (χ0) is 13.3. The van der Waals surface area contributed by atoms with Crippen LogP contribution in [0.1, 0.15) is 23.2 Å². The summed E-state index contributed by atoms with van der Waals surface area (Å²) in [6.07, 6.45) is 1.03. The van der Waals surface area contributed by atoms with Gasteiger partial charge >= 0.3 is 0 Å². The smallest absolute Gasteiger partial charge is 0.293 e. The normalized spacial score (nSPS) is 12.7. The molecule has 2 aromatic heterocycles. The van der Waals surface area contributed by atoms with E-state index >= 15 is 0 Å². The summed E-state index contributed by atoms with van der Waals surface area (Å²) in [6.45, 7) is 3.71. The lowest BCUT2D eigenvalue weighted by Crippen LogP contribution is -2.33. The topological polar surface area (TPSA) is 83.6 Å². The number of nitrogens with zero attached hydrogens (tertiary/aromatic N) is 5. The quantitative estimate of drug-likeness (QED) is 0.820. The predicted octanol–water partition coefficient (Wildman–Crippen LogP) is -0.114. The number of hydrogen-bond acceptors (Lipinski definition) is 5. The van der Waals surface area contributed by atoms with Crippen LogP contribution < -0.4 is 0 Å². The van der Waals surface area contributed by atoms with Gasteiger partial charge in [-0.25, -0.2) is 9.50 Å². The molecule has 96 valence electrons. The highest BCUT2D eigenvalue weighted by Crippen LogP contribution is 2.04. The monoisotopic (exact) mass is 249 g/mol. The molecule has 18 heavy (non-hydrogen) atoms. The van der Waals surface area contributed by atoms with E-state index in [1.165, 1.54) is 9.42 Å². The molecule has 0 radical (unpaired) electrons. The van der Waals surface area contributed by atoms with Crippen LogP contribution in [0.4, 0.5) is 0 Å². The molecule has 0 aliphatic rings. The van der Waals surface area contributed by atoms with Gasteiger partial charge in [-0.2, -0.15) is 4.98 Å². The summed E-state index contributed by atoms with van der Waals surface area (Å²) >= 11 is 0. The number of likely N-dealkylation sites (N-methyl/N-ethyl adjacent to an activating group) is 1. The van der Waals surface area contributed by atoms with Gasteiger partial charge in [0, 0.05) is 25.5 Å². The first kappa shape index (κ1) is 12.4. The fourth-order valence-electron chi connectivity index (χ4n) is 1.65. The van der Waals surface area contributed by atoms with Crippen LogP contribution in [0.25, 0.3) is 5.78 Å². The van der Waals surface area contributed by atoms with E-state index < -0.39 is 6.10 Å². The summed E-state index contributed by atoms with van der Waals surface area (Å²) in [5, 5.41) is 13.4. The maximum absolute atomic E-state index is 12.0. The second kappa shape index (κ2) is 4.69. The molecule has 7 heteroatoms. The van der Waals surface area contributed by atoms with Crippen LogP contribution in [0.15, 0.2) is 12.3 Å². The lowest BCUT2D eigenvalue weighted by Gasteiger charge is -2.16. The standard InChI is InChI=1S/C11H15N5O2/c1-7-4-5-12-11-13-9(14-16(7)11)10(18)15(3)6-8(2)17/h4-5,8,17H,6H2,1-3H3. The van der Waals surface area contributed by atoms with Crippen molar-refractivity contribution < 1.29 is 9.90 Å². The number of aliphatic hydroxyl groups is 1. The van der Waals surface area contributed by atoms with Crippen molar-refractivity contribution >= 4 is 11.7 Å². The van der Waals surface area contributed by atoms with Crippen LogP contribution >= 0.6 is 0 Å². The number of carbonyl (C=O) groups is 1. The van der Waals surface area contributed by atoms with Crippen molar-refractivity contribution in [2.75, 3.05) is 13.6 Å². The molecule has 0 saturated heterocycles. The number of fused-ring (bicyclic) bond motifs is 1. The predicted molar refractivity (Wildman–Crippen MR) is 64.2 cm³/mol. The molecule has 1 unspecified atom stereocenters. The van der Waals surface area contributed by atoms with Gasteiger partial charge in [-0.3, -0.25) is 4.79 Å². The fraction of sp³-hybridized carbons (Fsp3) is 0.455. The van der Waals surface area contributed by atoms with E-state index in [4.69, 9.17) is 0 Å². The first-order valence-electron chi connectivity index (χ1n) is 5.61. The van der Waals surface area contributed by atoms with Crippen LogP contribution in [-0.2, 0) is 0 Å². The summed E-state index contributed by atoms with van der Waals surface area (Å²) in [5.41, 5.74) is 0.852. The van der Waals surface area contributed by atoms with Gasteiger partial charge in [0.2, 0.25) is 5.82 Å². The minimum atomic E-state index is -0.587. The van der Waals surface area contributed by atoms with Gasteiger partial charge in [-0.15, -0.1) is 5.10 Å². The van der Waals surface area contributed by atoms with Crippen LogP contribution in [0.5, 0.6) is 0 Å². The van der Waals surface area contributed by atoms with Crippen molar-refractivity contribution in [2.24, 2.45) is 0 Å². The summed E-state index contributed by atoms with van der Waals surface area (Å²) in [4.78, 5) is 21.5. The molecular formula is C11H15N5O2. The molecule has 1 amide bonds. The van der Waals surface area contributed by atoms with Crippen molar-refractivity contribution in [3.05, 3.63) is 23.8 Å². The molecule has 1 atom stereocenters. The highest BCUT2D eigenvalue weighted by molar-refractivity contribution is 5.90. The molecule has 0 saturated carbocycles. The Morgan fingerprint density at radius 2 is 2.33 bits per heavy atom. The first-order valence-corrected chi connectivity index (χ1v) is 5.61. The molecule has 2 heterocycles. The van der Waals surface area contributed by atoms with Crippen molar-refractivity contribution in [3.63, 3.8) is 0 Å². The van der Waals surface area contributed by atoms with Gasteiger partial charge in [0.15, 0.2) is 0 Å². The third-order valence-electron chi connectivity index (χ3n) is 2.51. The van der Waals surface area contributed by atoms with E-state index in [1.54, 1.807) is 26.2 Å². The van der Waals surface area contributed by atoms with Gasteiger partial charge in [0.05, 0.1) is 6.10 Å². The number of amides is 1. The summed E-state index contributed by atoms with van der Waals surface area (Å²) in [6, 6.07) is 1.79. The fourth-order valence-corrected chi connectivity index (χ4v) is 1.65. The molecule has 7 nitrogen and oxygen atoms in total. The lowest BCUT2D eigenvalue weighted by atomic mass is 10.3. The van der Waals surface area contributed by atoms with E-state index in [2.05, 4.69) is 15.1 Å². The number of carbonyl (C=O) groups excluding carboxylic acids is 1. The Labute approximate surface area is 104 Å². The Bertz CT molecular complexity index is 578. The summed E-state index contributed by atoms with van der Waals surface area (Å²) < 4.78 is 1.52. The second-order valence-corrected chi connectivity index (χ2v) is 4.27. The Balaban J connectivity index is 2.31. The highest BCUT2D eigenvalue weighted by atomic mass is 16.3. The minimum Gasteiger partial charge on any atom is -0.392 e.